The lowest BCUT2D eigenvalue weighted by molar-refractivity contribution is -0.365. The molecular formula is C20H35NO16. The van der Waals surface area contributed by atoms with Gasteiger partial charge in [0, 0.05) is 6.92 Å². The Morgan fingerprint density at radius 1 is 0.649 bits per heavy atom. The summed E-state index contributed by atoms with van der Waals surface area (Å²) >= 11 is 0. The van der Waals surface area contributed by atoms with Gasteiger partial charge in [0.05, 0.1) is 19.8 Å². The van der Waals surface area contributed by atoms with Crippen molar-refractivity contribution in [1.29, 1.82) is 0 Å². The molecule has 3 fully saturated rings. The summed E-state index contributed by atoms with van der Waals surface area (Å²) in [7, 11) is 0. The SMILES string of the molecule is CC(=O)N[C@H]1C(O)C(O[C@@H]2OC(CO)C(O)C(O)[C@@H]2O)C(CO)O[C@H]1OC1C(CO)O[C@@H](O)[C@H](O)C1O. The molecule has 0 aromatic carbocycles. The van der Waals surface area contributed by atoms with Crippen molar-refractivity contribution >= 4 is 5.91 Å². The summed E-state index contributed by atoms with van der Waals surface area (Å²) in [6.45, 7) is -1.23. The molecule has 0 aliphatic carbocycles. The van der Waals surface area contributed by atoms with Crippen LogP contribution in [0, 0.1) is 0 Å². The molecule has 0 spiro atoms. The third-order valence-corrected chi connectivity index (χ3v) is 6.49. The van der Waals surface area contributed by atoms with Crippen molar-refractivity contribution in [3.8, 4) is 0 Å². The molecular weight excluding hydrogens is 510 g/mol. The summed E-state index contributed by atoms with van der Waals surface area (Å²) in [5, 5.41) is 103. The van der Waals surface area contributed by atoms with Crippen molar-refractivity contribution in [3.63, 3.8) is 0 Å². The van der Waals surface area contributed by atoms with Crippen molar-refractivity contribution in [2.45, 2.75) is 99.0 Å². The highest BCUT2D eigenvalue weighted by Gasteiger charge is 2.53. The van der Waals surface area contributed by atoms with Crippen LogP contribution in [0.3, 0.4) is 0 Å². The van der Waals surface area contributed by atoms with Gasteiger partial charge in [-0.2, -0.15) is 0 Å². The zero-order chi connectivity index (χ0) is 27.6. The Morgan fingerprint density at radius 3 is 1.73 bits per heavy atom. The van der Waals surface area contributed by atoms with Gasteiger partial charge in [-0.3, -0.25) is 4.79 Å². The fourth-order valence-electron chi connectivity index (χ4n) is 4.46. The van der Waals surface area contributed by atoms with Crippen LogP contribution in [-0.4, -0.2) is 169 Å². The van der Waals surface area contributed by atoms with E-state index in [1.165, 1.54) is 0 Å². The highest BCUT2D eigenvalue weighted by atomic mass is 16.7. The van der Waals surface area contributed by atoms with Gasteiger partial charge in [-0.15, -0.1) is 0 Å². The van der Waals surface area contributed by atoms with Crippen molar-refractivity contribution in [1.82, 2.24) is 5.32 Å². The van der Waals surface area contributed by atoms with Crippen LogP contribution in [0.2, 0.25) is 0 Å². The summed E-state index contributed by atoms with van der Waals surface area (Å²) in [5.74, 6) is -0.676. The average molecular weight is 545 g/mol. The number of ether oxygens (including phenoxy) is 5. The first-order valence-electron chi connectivity index (χ1n) is 11.6. The second-order valence-electron chi connectivity index (χ2n) is 9.07. The number of aliphatic hydroxyl groups is 10. The van der Waals surface area contributed by atoms with Gasteiger partial charge in [-0.05, 0) is 0 Å². The molecule has 0 bridgehead atoms. The van der Waals surface area contributed by atoms with Gasteiger partial charge in [0.1, 0.15) is 73.2 Å². The fourth-order valence-corrected chi connectivity index (χ4v) is 4.46. The number of hydrogen-bond donors (Lipinski definition) is 11. The number of carbonyl (C=O) groups excluding carboxylic acids is 1. The average Bonchev–Trinajstić information content (AvgIpc) is 2.87. The van der Waals surface area contributed by atoms with Gasteiger partial charge >= 0.3 is 0 Å². The third kappa shape index (κ3) is 6.38. The summed E-state index contributed by atoms with van der Waals surface area (Å²) in [5.41, 5.74) is 0. The first-order valence-corrected chi connectivity index (χ1v) is 11.6. The lowest BCUT2D eigenvalue weighted by Crippen LogP contribution is -2.69. The number of carbonyl (C=O) groups is 1. The third-order valence-electron chi connectivity index (χ3n) is 6.49. The van der Waals surface area contributed by atoms with E-state index in [2.05, 4.69) is 5.32 Å². The second-order valence-corrected chi connectivity index (χ2v) is 9.07. The topological polar surface area (TPSA) is 278 Å². The number of aliphatic hydroxyl groups excluding tert-OH is 10. The molecule has 17 heteroatoms. The van der Waals surface area contributed by atoms with Crippen LogP contribution < -0.4 is 5.32 Å². The predicted molar refractivity (Wildman–Crippen MR) is 113 cm³/mol. The molecule has 3 aliphatic heterocycles. The van der Waals surface area contributed by atoms with Gasteiger partial charge in [-0.1, -0.05) is 0 Å². The summed E-state index contributed by atoms with van der Waals surface area (Å²) in [6.07, 6.45) is -23.1. The minimum absolute atomic E-state index is 0.676. The van der Waals surface area contributed by atoms with Crippen LogP contribution in [-0.2, 0) is 28.5 Å². The maximum Gasteiger partial charge on any atom is 0.217 e. The molecule has 0 radical (unpaired) electrons. The first kappa shape index (κ1) is 30.4. The largest absolute Gasteiger partial charge is 0.394 e. The Labute approximate surface area is 210 Å². The number of rotatable bonds is 8. The van der Waals surface area contributed by atoms with Crippen LogP contribution in [0.4, 0.5) is 0 Å². The lowest BCUT2D eigenvalue weighted by Gasteiger charge is -2.49. The first-order chi connectivity index (χ1) is 17.4. The molecule has 3 aliphatic rings. The minimum Gasteiger partial charge on any atom is -0.394 e. The highest BCUT2D eigenvalue weighted by Crippen LogP contribution is 2.32. The molecule has 37 heavy (non-hydrogen) atoms. The highest BCUT2D eigenvalue weighted by molar-refractivity contribution is 5.73. The second kappa shape index (κ2) is 12.8. The van der Waals surface area contributed by atoms with Gasteiger partial charge in [0.25, 0.3) is 0 Å². The van der Waals surface area contributed by atoms with E-state index < -0.39 is 118 Å². The van der Waals surface area contributed by atoms with Crippen molar-refractivity contribution in [3.05, 3.63) is 0 Å². The van der Waals surface area contributed by atoms with Gasteiger partial charge in [0.15, 0.2) is 18.9 Å². The fraction of sp³-hybridized carbons (Fsp3) is 0.950. The van der Waals surface area contributed by atoms with E-state index >= 15 is 0 Å². The zero-order valence-electron chi connectivity index (χ0n) is 19.7. The van der Waals surface area contributed by atoms with Crippen LogP contribution in [0.25, 0.3) is 0 Å². The van der Waals surface area contributed by atoms with Crippen molar-refractivity contribution in [2.24, 2.45) is 0 Å². The van der Waals surface area contributed by atoms with E-state index in [0.29, 0.717) is 0 Å². The normalized spacial score (nSPS) is 49.0. The quantitative estimate of drug-likeness (QED) is 0.135. The van der Waals surface area contributed by atoms with Crippen LogP contribution in [0.15, 0.2) is 0 Å². The molecule has 1 amide bonds. The monoisotopic (exact) mass is 545 g/mol. The van der Waals surface area contributed by atoms with E-state index in [9.17, 15) is 55.9 Å². The molecule has 3 saturated heterocycles. The summed E-state index contributed by atoms with van der Waals surface area (Å²) in [6, 6.07) is -1.47. The number of hydrogen-bond acceptors (Lipinski definition) is 16. The molecule has 15 atom stereocenters. The molecule has 0 aromatic rings. The Balaban J connectivity index is 1.83. The Bertz CT molecular complexity index is 743. The molecule has 9 unspecified atom stereocenters. The lowest BCUT2D eigenvalue weighted by atomic mass is 9.94. The molecule has 216 valence electrons. The van der Waals surface area contributed by atoms with E-state index in [-0.39, 0.29) is 0 Å². The molecule has 17 nitrogen and oxygen atoms in total. The molecule has 3 rings (SSSR count). The van der Waals surface area contributed by atoms with Crippen LogP contribution in [0.5, 0.6) is 0 Å². The van der Waals surface area contributed by atoms with E-state index in [1.54, 1.807) is 0 Å². The van der Waals surface area contributed by atoms with E-state index in [1.807, 2.05) is 0 Å². The Morgan fingerprint density at radius 2 is 1.16 bits per heavy atom. The Kier molecular flexibility index (Phi) is 10.5. The van der Waals surface area contributed by atoms with Crippen LogP contribution >= 0.6 is 0 Å². The number of nitrogens with one attached hydrogen (secondary N) is 1. The molecule has 0 aromatic heterocycles. The van der Waals surface area contributed by atoms with Gasteiger partial charge in [0.2, 0.25) is 5.91 Å². The van der Waals surface area contributed by atoms with E-state index in [4.69, 9.17) is 23.7 Å². The minimum atomic E-state index is -1.84. The smallest absolute Gasteiger partial charge is 0.217 e. The maximum atomic E-state index is 11.9. The summed E-state index contributed by atoms with van der Waals surface area (Å²) < 4.78 is 27.2. The van der Waals surface area contributed by atoms with Gasteiger partial charge < -0.3 is 80.1 Å². The van der Waals surface area contributed by atoms with E-state index in [0.717, 1.165) is 6.92 Å². The van der Waals surface area contributed by atoms with Crippen LogP contribution in [0.1, 0.15) is 6.92 Å². The Hall–Kier alpha value is -1.13. The standard InChI is InChI=1S/C20H35NO16/c1-5(25)21-9-11(27)16(37-20-15(31)12(28)10(26)6(2-22)34-20)8(4-24)35-19(9)36-17-7(3-23)33-18(32)14(30)13(17)29/h6-20,22-24,26-32H,2-4H2,1H3,(H,21,25)/t6?,7?,8?,9-,10?,11?,12?,13?,14+,15-,16?,17?,18+,19-,20-/m0/s1. The molecule has 11 N–H and O–H groups in total. The maximum absolute atomic E-state index is 11.9. The molecule has 0 saturated carbocycles. The van der Waals surface area contributed by atoms with Crippen molar-refractivity contribution in [2.75, 3.05) is 19.8 Å². The zero-order valence-corrected chi connectivity index (χ0v) is 19.7. The molecule has 3 heterocycles. The summed E-state index contributed by atoms with van der Waals surface area (Å²) in [4.78, 5) is 11.9. The predicted octanol–water partition coefficient (Wildman–Crippen LogP) is -7.43. The van der Waals surface area contributed by atoms with Crippen molar-refractivity contribution < 1.29 is 79.5 Å². The van der Waals surface area contributed by atoms with Gasteiger partial charge in [-0.25, -0.2) is 0 Å². The number of amides is 1.